The molecule has 0 unspecified atom stereocenters. The molecule has 2 heteroatoms. The van der Waals surface area contributed by atoms with Gasteiger partial charge >= 0.3 is 0 Å². The maximum Gasteiger partial charge on any atom is 0.0910 e. The fraction of sp³-hybridized carbons (Fsp3) is 0.714. The van der Waals surface area contributed by atoms with Crippen molar-refractivity contribution >= 4 is 0 Å². The van der Waals surface area contributed by atoms with Crippen molar-refractivity contribution in [2.45, 2.75) is 57.5 Å². The molecule has 2 N–H and O–H groups in total. The van der Waals surface area contributed by atoms with Crippen LogP contribution in [0.5, 0.6) is 0 Å². The number of aliphatic hydroxyl groups is 2. The Morgan fingerprint density at radius 3 is 2.91 bits per heavy atom. The first-order valence-corrected chi connectivity index (χ1v) is 9.43. The minimum absolute atomic E-state index is 0.0554. The number of rotatable bonds is 1. The molecular formula is C21H28O2. The average molecular weight is 312 g/mol. The van der Waals surface area contributed by atoms with Crippen LogP contribution in [0, 0.1) is 28.6 Å². The van der Waals surface area contributed by atoms with Crippen LogP contribution in [0.15, 0.2) is 35.5 Å². The molecule has 5 rings (SSSR count). The van der Waals surface area contributed by atoms with E-state index in [0.29, 0.717) is 17.8 Å². The summed E-state index contributed by atoms with van der Waals surface area (Å²) < 4.78 is 0. The van der Waals surface area contributed by atoms with E-state index in [-0.39, 0.29) is 17.4 Å². The van der Waals surface area contributed by atoms with Gasteiger partial charge in [-0.1, -0.05) is 31.2 Å². The summed E-state index contributed by atoms with van der Waals surface area (Å²) in [5, 5.41) is 20.7. The zero-order valence-corrected chi connectivity index (χ0v) is 14.1. The highest BCUT2D eigenvalue weighted by Crippen LogP contribution is 2.70. The first kappa shape index (κ1) is 14.5. The van der Waals surface area contributed by atoms with Gasteiger partial charge in [0.1, 0.15) is 0 Å². The predicted octanol–water partition coefficient (Wildman–Crippen LogP) is 3.76. The summed E-state index contributed by atoms with van der Waals surface area (Å²) in [6, 6.07) is 0. The molecule has 3 fully saturated rings. The minimum Gasteiger partial charge on any atom is -0.393 e. The third-order valence-corrected chi connectivity index (χ3v) is 8.35. The number of aliphatic hydroxyl groups excluding tert-OH is 1. The molecule has 0 aliphatic heterocycles. The van der Waals surface area contributed by atoms with Gasteiger partial charge in [0.2, 0.25) is 0 Å². The van der Waals surface area contributed by atoms with Gasteiger partial charge in [-0.15, -0.1) is 0 Å². The second kappa shape index (κ2) is 4.40. The van der Waals surface area contributed by atoms with E-state index in [9.17, 15) is 10.2 Å². The van der Waals surface area contributed by atoms with Crippen LogP contribution < -0.4 is 0 Å². The molecule has 5 aliphatic carbocycles. The summed E-state index contributed by atoms with van der Waals surface area (Å²) in [4.78, 5) is 0. The summed E-state index contributed by atoms with van der Waals surface area (Å²) in [6.45, 7) is 2.42. The van der Waals surface area contributed by atoms with Crippen LogP contribution in [0.3, 0.4) is 0 Å². The Labute approximate surface area is 139 Å². The Hall–Kier alpha value is -0.860. The summed E-state index contributed by atoms with van der Waals surface area (Å²) in [7, 11) is 0. The van der Waals surface area contributed by atoms with E-state index in [1.807, 2.05) is 0 Å². The number of hydrogen-bond donors (Lipinski definition) is 2. The summed E-state index contributed by atoms with van der Waals surface area (Å²) in [5.74, 6) is 1.64. The molecule has 3 saturated carbocycles. The molecule has 0 amide bonds. The van der Waals surface area contributed by atoms with Crippen molar-refractivity contribution in [1.82, 2.24) is 0 Å². The molecule has 0 radical (unpaired) electrons. The molecule has 5 aliphatic rings. The number of hydrogen-bond acceptors (Lipinski definition) is 2. The zero-order chi connectivity index (χ0) is 15.9. The fourth-order valence-corrected chi connectivity index (χ4v) is 7.37. The quantitative estimate of drug-likeness (QED) is 0.774. The first-order valence-electron chi connectivity index (χ1n) is 9.43. The zero-order valence-electron chi connectivity index (χ0n) is 14.1. The van der Waals surface area contributed by atoms with E-state index < -0.39 is 5.60 Å². The van der Waals surface area contributed by atoms with E-state index in [4.69, 9.17) is 0 Å². The van der Waals surface area contributed by atoms with Crippen LogP contribution in [-0.4, -0.2) is 22.4 Å². The Balaban J connectivity index is 1.56. The molecule has 0 aromatic heterocycles. The van der Waals surface area contributed by atoms with Crippen LogP contribution in [0.1, 0.15) is 51.9 Å². The van der Waals surface area contributed by atoms with Gasteiger partial charge < -0.3 is 10.2 Å². The normalized spacial score (nSPS) is 53.3. The van der Waals surface area contributed by atoms with E-state index in [1.165, 1.54) is 24.8 Å². The summed E-state index contributed by atoms with van der Waals surface area (Å²) in [5.41, 5.74) is 2.82. The highest BCUT2D eigenvalue weighted by Gasteiger charge is 2.65. The molecule has 0 heterocycles. The van der Waals surface area contributed by atoms with Crippen molar-refractivity contribution < 1.29 is 10.2 Å². The topological polar surface area (TPSA) is 40.5 Å². The largest absolute Gasteiger partial charge is 0.393 e. The third kappa shape index (κ3) is 1.67. The summed E-state index contributed by atoms with van der Waals surface area (Å²) >= 11 is 0. The van der Waals surface area contributed by atoms with Crippen LogP contribution in [0.25, 0.3) is 0 Å². The van der Waals surface area contributed by atoms with Crippen molar-refractivity contribution in [1.29, 1.82) is 0 Å². The van der Waals surface area contributed by atoms with Crippen molar-refractivity contribution in [2.75, 3.05) is 6.61 Å². The van der Waals surface area contributed by atoms with Gasteiger partial charge in [-0.2, -0.15) is 0 Å². The minimum atomic E-state index is -0.811. The SMILES string of the molecule is C[C@]12C=CC3=C(C=CC3)[C@@H]1CC[C@]13C[C@H](CC[C@@H]12)[C@](O)(CO)C3. The number of fused-ring (bicyclic) bond motifs is 4. The fourth-order valence-electron chi connectivity index (χ4n) is 7.37. The van der Waals surface area contributed by atoms with Gasteiger partial charge in [-0.3, -0.25) is 0 Å². The van der Waals surface area contributed by atoms with E-state index >= 15 is 0 Å². The molecular weight excluding hydrogens is 284 g/mol. The molecule has 124 valence electrons. The Bertz CT molecular complexity index is 644. The van der Waals surface area contributed by atoms with Crippen molar-refractivity contribution in [2.24, 2.45) is 28.6 Å². The molecule has 2 nitrogen and oxygen atoms in total. The lowest BCUT2D eigenvalue weighted by atomic mass is 9.46. The molecule has 0 aromatic carbocycles. The Kier molecular flexibility index (Phi) is 2.77. The Morgan fingerprint density at radius 2 is 2.09 bits per heavy atom. The van der Waals surface area contributed by atoms with Crippen LogP contribution >= 0.6 is 0 Å². The third-order valence-electron chi connectivity index (χ3n) is 8.35. The highest BCUT2D eigenvalue weighted by atomic mass is 16.3. The lowest BCUT2D eigenvalue weighted by Gasteiger charge is -2.58. The monoisotopic (exact) mass is 312 g/mol. The predicted molar refractivity (Wildman–Crippen MR) is 90.7 cm³/mol. The van der Waals surface area contributed by atoms with Gasteiger partial charge in [0.25, 0.3) is 0 Å². The van der Waals surface area contributed by atoms with Crippen LogP contribution in [0.4, 0.5) is 0 Å². The van der Waals surface area contributed by atoms with Gasteiger partial charge in [-0.05, 0) is 84.7 Å². The highest BCUT2D eigenvalue weighted by molar-refractivity contribution is 5.47. The van der Waals surface area contributed by atoms with Crippen molar-refractivity contribution in [3.63, 3.8) is 0 Å². The van der Waals surface area contributed by atoms with Crippen molar-refractivity contribution in [3.8, 4) is 0 Å². The first-order chi connectivity index (χ1) is 11.0. The second-order valence-electron chi connectivity index (χ2n) is 9.21. The maximum absolute atomic E-state index is 10.9. The van der Waals surface area contributed by atoms with Gasteiger partial charge in [0.05, 0.1) is 12.2 Å². The maximum atomic E-state index is 10.9. The Morgan fingerprint density at radius 1 is 1.22 bits per heavy atom. The van der Waals surface area contributed by atoms with Gasteiger partial charge in [-0.25, -0.2) is 0 Å². The van der Waals surface area contributed by atoms with Gasteiger partial charge in [0, 0.05) is 0 Å². The molecule has 1 spiro atoms. The van der Waals surface area contributed by atoms with Gasteiger partial charge in [0.15, 0.2) is 0 Å². The molecule has 6 atom stereocenters. The number of allylic oxidation sites excluding steroid dienone is 6. The lowest BCUT2D eigenvalue weighted by Crippen LogP contribution is -2.50. The van der Waals surface area contributed by atoms with E-state index in [0.717, 1.165) is 25.7 Å². The molecule has 0 aromatic rings. The van der Waals surface area contributed by atoms with E-state index in [2.05, 4.69) is 31.2 Å². The van der Waals surface area contributed by atoms with Crippen molar-refractivity contribution in [3.05, 3.63) is 35.5 Å². The second-order valence-corrected chi connectivity index (χ2v) is 9.21. The molecule has 23 heavy (non-hydrogen) atoms. The molecule has 2 bridgehead atoms. The smallest absolute Gasteiger partial charge is 0.0910 e. The standard InChI is InChI=1S/C21H28O2/c1-19-9-7-14-3-2-4-16(14)17(19)8-10-20-11-15(5-6-18(19)20)21(23,12-20)13-22/h2,4,7,9,15,17-18,22-23H,3,5-6,8,10-13H2,1H3/t15-,17-,18+,19-,20+,21+/m0/s1. The van der Waals surface area contributed by atoms with E-state index in [1.54, 1.807) is 5.57 Å². The van der Waals surface area contributed by atoms with Crippen LogP contribution in [-0.2, 0) is 0 Å². The summed E-state index contributed by atoms with van der Waals surface area (Å²) in [6.07, 6.45) is 17.5. The lowest BCUT2D eigenvalue weighted by molar-refractivity contribution is -0.0557. The van der Waals surface area contributed by atoms with Crippen LogP contribution in [0.2, 0.25) is 0 Å². The molecule has 0 saturated heterocycles. The average Bonchev–Trinajstić information content (AvgIpc) is 3.09.